The van der Waals surface area contributed by atoms with E-state index < -0.39 is 11.9 Å². The fourth-order valence-electron chi connectivity index (χ4n) is 1.98. The van der Waals surface area contributed by atoms with Crippen LogP contribution in [0, 0.1) is 0 Å². The average Bonchev–Trinajstić information content (AvgIpc) is 2.54. The Morgan fingerprint density at radius 3 is 1.92 bits per heavy atom. The van der Waals surface area contributed by atoms with E-state index in [4.69, 9.17) is 5.11 Å². The van der Waals surface area contributed by atoms with E-state index in [2.05, 4.69) is 56.8 Å². The molecule has 5 nitrogen and oxygen atoms in total. The number of aliphatic carboxylic acids is 1. The van der Waals surface area contributed by atoms with Crippen molar-refractivity contribution in [2.24, 2.45) is 0 Å². The van der Waals surface area contributed by atoms with Crippen LogP contribution in [0.1, 0.15) is 5.56 Å². The predicted molar refractivity (Wildman–Crippen MR) is 100 cm³/mol. The molecule has 2 N–H and O–H groups in total. The third-order valence-corrected chi connectivity index (χ3v) is 2.92. The number of nitrogens with one attached hydrogen (secondary N) is 1. The minimum atomic E-state index is -1.15. The van der Waals surface area contributed by atoms with Gasteiger partial charge in [-0.25, -0.2) is 4.79 Å². The number of carboxylic acids is 1. The van der Waals surface area contributed by atoms with E-state index in [9.17, 15) is 9.59 Å². The Morgan fingerprint density at radius 2 is 1.44 bits per heavy atom. The molecule has 0 aliphatic carbocycles. The molecule has 0 fully saturated rings. The number of para-hydroxylation sites is 1. The van der Waals surface area contributed by atoms with E-state index in [-0.39, 0.29) is 0 Å². The summed E-state index contributed by atoms with van der Waals surface area (Å²) < 4.78 is 0.990. The number of amides is 1. The molecule has 132 valence electrons. The number of carboxylic acid groups (broad SMARTS) is 1. The van der Waals surface area contributed by atoms with Gasteiger partial charge in [-0.1, -0.05) is 48.5 Å². The van der Waals surface area contributed by atoms with Gasteiger partial charge in [-0.05, 0) is 12.1 Å². The molecule has 0 unspecified atom stereocenters. The smallest absolute Gasteiger partial charge is 0.328 e. The highest BCUT2D eigenvalue weighted by Gasteiger charge is 2.06. The van der Waals surface area contributed by atoms with E-state index in [0.717, 1.165) is 23.2 Å². The lowest BCUT2D eigenvalue weighted by molar-refractivity contribution is -0.884. The van der Waals surface area contributed by atoms with Crippen LogP contribution in [-0.4, -0.2) is 42.6 Å². The van der Waals surface area contributed by atoms with Gasteiger partial charge in [-0.3, -0.25) is 4.79 Å². The highest BCUT2D eigenvalue weighted by Crippen LogP contribution is 2.05. The topological polar surface area (TPSA) is 66.4 Å². The highest BCUT2D eigenvalue weighted by atomic mass is 16.4. The molecule has 0 saturated heterocycles. The number of carbonyl (C=O) groups is 2. The normalized spacial score (nSPS) is 10.7. The molecule has 0 aliphatic rings. The zero-order chi connectivity index (χ0) is 18.7. The van der Waals surface area contributed by atoms with Crippen molar-refractivity contribution in [2.45, 2.75) is 6.54 Å². The van der Waals surface area contributed by atoms with Crippen LogP contribution < -0.4 is 5.32 Å². The second kappa shape index (κ2) is 10.1. The fourth-order valence-corrected chi connectivity index (χ4v) is 1.98. The summed E-state index contributed by atoms with van der Waals surface area (Å²) in [6, 6.07) is 19.4. The molecule has 2 rings (SSSR count). The maximum atomic E-state index is 11.1. The van der Waals surface area contributed by atoms with Gasteiger partial charge in [0, 0.05) is 23.4 Å². The summed E-state index contributed by atoms with van der Waals surface area (Å²) in [7, 11) is 6.60. The molecule has 5 heteroatoms. The second-order valence-electron chi connectivity index (χ2n) is 6.46. The SMILES string of the molecule is C[N+](C)(C)Cc1ccccc1.O=C(O)C=CC(=O)Nc1ccccc1. The van der Waals surface area contributed by atoms with Crippen LogP contribution in [0.4, 0.5) is 5.69 Å². The van der Waals surface area contributed by atoms with Gasteiger partial charge in [-0.15, -0.1) is 0 Å². The lowest BCUT2D eigenvalue weighted by Gasteiger charge is -2.23. The predicted octanol–water partition coefficient (Wildman–Crippen LogP) is 3.16. The summed E-state index contributed by atoms with van der Waals surface area (Å²) in [6.07, 6.45) is 1.76. The van der Waals surface area contributed by atoms with Crippen molar-refractivity contribution < 1.29 is 19.2 Å². The summed E-state index contributed by atoms with van der Waals surface area (Å²) >= 11 is 0. The highest BCUT2D eigenvalue weighted by molar-refractivity contribution is 6.02. The van der Waals surface area contributed by atoms with Crippen molar-refractivity contribution in [3.8, 4) is 0 Å². The number of hydrogen-bond donors (Lipinski definition) is 2. The van der Waals surface area contributed by atoms with Gasteiger partial charge in [-0.2, -0.15) is 0 Å². The number of benzene rings is 2. The third kappa shape index (κ3) is 10.5. The van der Waals surface area contributed by atoms with Gasteiger partial charge in [0.25, 0.3) is 0 Å². The van der Waals surface area contributed by atoms with Crippen LogP contribution in [0.15, 0.2) is 72.8 Å². The van der Waals surface area contributed by atoms with E-state index in [0.29, 0.717) is 5.69 Å². The quantitative estimate of drug-likeness (QED) is 0.648. The van der Waals surface area contributed by atoms with Gasteiger partial charge < -0.3 is 14.9 Å². The van der Waals surface area contributed by atoms with Crippen molar-refractivity contribution in [1.82, 2.24) is 0 Å². The second-order valence-corrected chi connectivity index (χ2v) is 6.46. The number of rotatable bonds is 5. The number of anilines is 1. The van der Waals surface area contributed by atoms with Crippen LogP contribution in [0.3, 0.4) is 0 Å². The molecule has 0 aromatic heterocycles. The Kier molecular flexibility index (Phi) is 8.09. The molecule has 25 heavy (non-hydrogen) atoms. The summed E-state index contributed by atoms with van der Waals surface area (Å²) in [5.41, 5.74) is 2.03. The number of hydrogen-bond acceptors (Lipinski definition) is 2. The molecule has 0 bridgehead atoms. The number of carbonyl (C=O) groups excluding carboxylic acids is 1. The van der Waals surface area contributed by atoms with Gasteiger partial charge in [0.2, 0.25) is 5.91 Å². The molecular formula is C20H25N2O3+. The molecule has 0 spiro atoms. The fraction of sp³-hybridized carbons (Fsp3) is 0.200. The number of nitrogens with zero attached hydrogens (tertiary/aromatic N) is 1. The van der Waals surface area contributed by atoms with Crippen molar-refractivity contribution in [3.63, 3.8) is 0 Å². The average molecular weight is 341 g/mol. The number of quaternary nitrogens is 1. The standard InChI is InChI=1S/C10H9NO3.C10H16N/c12-9(6-7-10(13)14)11-8-4-2-1-3-5-8;1-11(2,3)9-10-7-5-4-6-8-10/h1-7H,(H,11,12)(H,13,14);4-8H,9H2,1-3H3/q;+1. The minimum absolute atomic E-state index is 0.460. The zero-order valence-corrected chi connectivity index (χ0v) is 14.8. The first-order valence-corrected chi connectivity index (χ1v) is 7.88. The first kappa shape index (κ1) is 20.1. The lowest BCUT2D eigenvalue weighted by Crippen LogP contribution is -2.33. The lowest BCUT2D eigenvalue weighted by atomic mass is 10.2. The van der Waals surface area contributed by atoms with Crippen molar-refractivity contribution in [1.29, 1.82) is 0 Å². The van der Waals surface area contributed by atoms with E-state index >= 15 is 0 Å². The van der Waals surface area contributed by atoms with Crippen LogP contribution in [0.25, 0.3) is 0 Å². The first-order valence-electron chi connectivity index (χ1n) is 7.88. The zero-order valence-electron chi connectivity index (χ0n) is 14.8. The van der Waals surface area contributed by atoms with Crippen LogP contribution in [0.5, 0.6) is 0 Å². The van der Waals surface area contributed by atoms with Crippen molar-refractivity contribution >= 4 is 17.6 Å². The molecule has 0 aliphatic heterocycles. The van der Waals surface area contributed by atoms with E-state index in [1.54, 1.807) is 24.3 Å². The molecular weight excluding hydrogens is 316 g/mol. The largest absolute Gasteiger partial charge is 0.478 e. The van der Waals surface area contributed by atoms with Gasteiger partial charge in [0.05, 0.1) is 21.1 Å². The summed E-state index contributed by atoms with van der Waals surface area (Å²) in [6.45, 7) is 1.10. The van der Waals surface area contributed by atoms with Gasteiger partial charge >= 0.3 is 5.97 Å². The Morgan fingerprint density at radius 1 is 0.920 bits per heavy atom. The maximum absolute atomic E-state index is 11.1. The van der Waals surface area contributed by atoms with E-state index in [1.807, 2.05) is 6.07 Å². The molecule has 2 aromatic carbocycles. The van der Waals surface area contributed by atoms with Crippen LogP contribution in [0.2, 0.25) is 0 Å². The molecule has 0 saturated carbocycles. The first-order chi connectivity index (χ1) is 11.8. The van der Waals surface area contributed by atoms with Crippen molar-refractivity contribution in [3.05, 3.63) is 78.4 Å². The van der Waals surface area contributed by atoms with Crippen LogP contribution >= 0.6 is 0 Å². The molecule has 1 amide bonds. The molecule has 0 heterocycles. The van der Waals surface area contributed by atoms with Crippen LogP contribution in [-0.2, 0) is 16.1 Å². The Hall–Kier alpha value is -2.92. The monoisotopic (exact) mass is 341 g/mol. The Bertz CT molecular complexity index is 690. The maximum Gasteiger partial charge on any atom is 0.328 e. The summed E-state index contributed by atoms with van der Waals surface area (Å²) in [5.74, 6) is -1.60. The van der Waals surface area contributed by atoms with Gasteiger partial charge in [0.1, 0.15) is 6.54 Å². The van der Waals surface area contributed by atoms with Crippen molar-refractivity contribution in [2.75, 3.05) is 26.5 Å². The van der Waals surface area contributed by atoms with Gasteiger partial charge in [0.15, 0.2) is 0 Å². The summed E-state index contributed by atoms with van der Waals surface area (Å²) in [4.78, 5) is 21.1. The third-order valence-electron chi connectivity index (χ3n) is 2.92. The Labute approximate surface area is 148 Å². The molecule has 0 atom stereocenters. The molecule has 2 aromatic rings. The summed E-state index contributed by atoms with van der Waals surface area (Å²) in [5, 5.41) is 10.8. The van der Waals surface area contributed by atoms with E-state index in [1.165, 1.54) is 5.56 Å². The molecule has 0 radical (unpaired) electrons. The minimum Gasteiger partial charge on any atom is -0.478 e. The Balaban J connectivity index is 0.000000257.